The molecule has 0 aliphatic heterocycles. The molecule has 0 aromatic rings. The molecule has 1 N–H and O–H groups in total. The number of carbonyl (C=O) groups excluding carboxylic acids is 1. The number of ether oxygens (including phenoxy) is 1. The van der Waals surface area contributed by atoms with E-state index >= 15 is 0 Å². The predicted molar refractivity (Wildman–Crippen MR) is 67.5 cm³/mol. The Labute approximate surface area is 99.3 Å². The standard InChI is InChI=1S/C13H25NO2/c1-5-7-9-12(10-8-6-2)16-13(15)14-11(3)4/h5,11-12H,1,6-10H2,2-4H3,(H,14,15). The van der Waals surface area contributed by atoms with Gasteiger partial charge in [0.05, 0.1) is 0 Å². The molecule has 0 aromatic carbocycles. The molecule has 0 bridgehead atoms. The van der Waals surface area contributed by atoms with Crippen LogP contribution in [0.2, 0.25) is 0 Å². The summed E-state index contributed by atoms with van der Waals surface area (Å²) in [5.74, 6) is 0. The number of allylic oxidation sites excluding steroid dienone is 1. The van der Waals surface area contributed by atoms with Crippen LogP contribution in [0, 0.1) is 0 Å². The molecule has 94 valence electrons. The maximum Gasteiger partial charge on any atom is 0.407 e. The van der Waals surface area contributed by atoms with E-state index in [-0.39, 0.29) is 18.2 Å². The summed E-state index contributed by atoms with van der Waals surface area (Å²) in [6.45, 7) is 9.67. The molecule has 0 saturated heterocycles. The van der Waals surface area contributed by atoms with Crippen molar-refractivity contribution in [2.24, 2.45) is 0 Å². The summed E-state index contributed by atoms with van der Waals surface area (Å²) >= 11 is 0. The highest BCUT2D eigenvalue weighted by molar-refractivity contribution is 5.67. The predicted octanol–water partition coefficient (Wildman–Crippen LogP) is 3.65. The van der Waals surface area contributed by atoms with Gasteiger partial charge >= 0.3 is 6.09 Å². The van der Waals surface area contributed by atoms with E-state index in [4.69, 9.17) is 4.74 Å². The fraction of sp³-hybridized carbons (Fsp3) is 0.769. The molecule has 1 atom stereocenters. The second-order valence-corrected chi connectivity index (χ2v) is 4.33. The van der Waals surface area contributed by atoms with Crippen LogP contribution in [0.3, 0.4) is 0 Å². The Morgan fingerprint density at radius 2 is 2.12 bits per heavy atom. The van der Waals surface area contributed by atoms with Gasteiger partial charge in [-0.3, -0.25) is 0 Å². The van der Waals surface area contributed by atoms with Gasteiger partial charge in [0.15, 0.2) is 0 Å². The average Bonchev–Trinajstić information content (AvgIpc) is 2.20. The molecule has 0 spiro atoms. The summed E-state index contributed by atoms with van der Waals surface area (Å²) in [4.78, 5) is 11.4. The molecule has 1 unspecified atom stereocenters. The zero-order valence-electron chi connectivity index (χ0n) is 10.8. The van der Waals surface area contributed by atoms with Crippen LogP contribution in [0.4, 0.5) is 4.79 Å². The first-order chi connectivity index (χ1) is 7.60. The molecule has 0 radical (unpaired) electrons. The van der Waals surface area contributed by atoms with Gasteiger partial charge in [-0.2, -0.15) is 0 Å². The van der Waals surface area contributed by atoms with Crippen LogP contribution in [0.5, 0.6) is 0 Å². The lowest BCUT2D eigenvalue weighted by Crippen LogP contribution is -2.33. The van der Waals surface area contributed by atoms with Crippen molar-refractivity contribution in [3.05, 3.63) is 12.7 Å². The summed E-state index contributed by atoms with van der Waals surface area (Å²) in [6, 6.07) is 0.124. The van der Waals surface area contributed by atoms with Crippen LogP contribution in [-0.4, -0.2) is 18.2 Å². The van der Waals surface area contributed by atoms with E-state index in [9.17, 15) is 4.79 Å². The summed E-state index contributed by atoms with van der Waals surface area (Å²) < 4.78 is 5.37. The maximum atomic E-state index is 11.4. The van der Waals surface area contributed by atoms with E-state index in [0.717, 1.165) is 32.1 Å². The lowest BCUT2D eigenvalue weighted by atomic mass is 10.1. The average molecular weight is 227 g/mol. The molecule has 0 fully saturated rings. The Kier molecular flexibility index (Phi) is 8.68. The van der Waals surface area contributed by atoms with Crippen LogP contribution in [0.15, 0.2) is 12.7 Å². The molecule has 0 aromatic heterocycles. The first kappa shape index (κ1) is 15.0. The quantitative estimate of drug-likeness (QED) is 0.643. The normalized spacial score (nSPS) is 12.2. The Morgan fingerprint density at radius 1 is 1.44 bits per heavy atom. The molecule has 0 aliphatic rings. The Bertz CT molecular complexity index is 202. The van der Waals surface area contributed by atoms with Crippen molar-refractivity contribution < 1.29 is 9.53 Å². The van der Waals surface area contributed by atoms with Crippen LogP contribution in [0.25, 0.3) is 0 Å². The zero-order chi connectivity index (χ0) is 12.4. The van der Waals surface area contributed by atoms with Gasteiger partial charge in [0.1, 0.15) is 6.10 Å². The first-order valence-corrected chi connectivity index (χ1v) is 6.18. The SMILES string of the molecule is C=CCCC(CCCC)OC(=O)NC(C)C. The van der Waals surface area contributed by atoms with E-state index in [0.29, 0.717) is 0 Å². The topological polar surface area (TPSA) is 38.3 Å². The zero-order valence-corrected chi connectivity index (χ0v) is 10.8. The van der Waals surface area contributed by atoms with E-state index in [2.05, 4.69) is 18.8 Å². The van der Waals surface area contributed by atoms with Gasteiger partial charge in [-0.05, 0) is 33.1 Å². The smallest absolute Gasteiger partial charge is 0.407 e. The summed E-state index contributed by atoms with van der Waals surface area (Å²) in [7, 11) is 0. The molecular weight excluding hydrogens is 202 g/mol. The highest BCUT2D eigenvalue weighted by Gasteiger charge is 2.13. The molecule has 0 saturated carbocycles. The van der Waals surface area contributed by atoms with E-state index in [1.807, 2.05) is 19.9 Å². The van der Waals surface area contributed by atoms with Gasteiger partial charge < -0.3 is 10.1 Å². The van der Waals surface area contributed by atoms with Crippen molar-refractivity contribution in [1.29, 1.82) is 0 Å². The van der Waals surface area contributed by atoms with Gasteiger partial charge in [-0.1, -0.05) is 25.8 Å². The van der Waals surface area contributed by atoms with Crippen LogP contribution in [-0.2, 0) is 4.74 Å². The van der Waals surface area contributed by atoms with Gasteiger partial charge in [0.25, 0.3) is 0 Å². The van der Waals surface area contributed by atoms with Gasteiger partial charge in [0.2, 0.25) is 0 Å². The van der Waals surface area contributed by atoms with Crippen LogP contribution in [0.1, 0.15) is 52.9 Å². The minimum absolute atomic E-state index is 0.0247. The van der Waals surface area contributed by atoms with Gasteiger partial charge in [-0.25, -0.2) is 4.79 Å². The maximum absolute atomic E-state index is 11.4. The van der Waals surface area contributed by atoms with Crippen molar-refractivity contribution >= 4 is 6.09 Å². The van der Waals surface area contributed by atoms with Crippen molar-refractivity contribution in [2.75, 3.05) is 0 Å². The molecule has 3 nitrogen and oxygen atoms in total. The van der Waals surface area contributed by atoms with Gasteiger partial charge in [-0.15, -0.1) is 6.58 Å². The number of unbranched alkanes of at least 4 members (excludes halogenated alkanes) is 1. The Morgan fingerprint density at radius 3 is 2.62 bits per heavy atom. The number of nitrogens with one attached hydrogen (secondary N) is 1. The monoisotopic (exact) mass is 227 g/mol. The van der Waals surface area contributed by atoms with Crippen molar-refractivity contribution in [3.8, 4) is 0 Å². The van der Waals surface area contributed by atoms with Crippen molar-refractivity contribution in [1.82, 2.24) is 5.32 Å². The Balaban J connectivity index is 3.96. The highest BCUT2D eigenvalue weighted by Crippen LogP contribution is 2.11. The second-order valence-electron chi connectivity index (χ2n) is 4.33. The fourth-order valence-corrected chi connectivity index (χ4v) is 1.42. The Hall–Kier alpha value is -0.990. The number of rotatable bonds is 8. The third kappa shape index (κ3) is 8.33. The van der Waals surface area contributed by atoms with Gasteiger partial charge in [0, 0.05) is 6.04 Å². The molecule has 0 rings (SSSR count). The first-order valence-electron chi connectivity index (χ1n) is 6.18. The lowest BCUT2D eigenvalue weighted by molar-refractivity contribution is 0.0849. The number of hydrogen-bond donors (Lipinski definition) is 1. The molecule has 16 heavy (non-hydrogen) atoms. The van der Waals surface area contributed by atoms with Crippen LogP contribution < -0.4 is 5.32 Å². The van der Waals surface area contributed by atoms with Crippen molar-refractivity contribution in [2.45, 2.75) is 65.0 Å². The van der Waals surface area contributed by atoms with E-state index in [1.165, 1.54) is 0 Å². The highest BCUT2D eigenvalue weighted by atomic mass is 16.6. The summed E-state index contributed by atoms with van der Waals surface area (Å²) in [6.07, 6.45) is 6.50. The molecular formula is C13H25NO2. The van der Waals surface area contributed by atoms with Crippen LogP contribution >= 0.6 is 0 Å². The fourth-order valence-electron chi connectivity index (χ4n) is 1.42. The second kappa shape index (κ2) is 9.25. The number of amides is 1. The molecule has 0 heterocycles. The number of alkyl carbamates (subject to hydrolysis) is 1. The van der Waals surface area contributed by atoms with E-state index in [1.54, 1.807) is 0 Å². The summed E-state index contributed by atoms with van der Waals surface area (Å²) in [5.41, 5.74) is 0. The number of carbonyl (C=O) groups is 1. The molecule has 3 heteroatoms. The summed E-state index contributed by atoms with van der Waals surface area (Å²) in [5, 5.41) is 2.74. The molecule has 1 amide bonds. The van der Waals surface area contributed by atoms with Crippen molar-refractivity contribution in [3.63, 3.8) is 0 Å². The largest absolute Gasteiger partial charge is 0.446 e. The number of hydrogen-bond acceptors (Lipinski definition) is 2. The minimum atomic E-state index is -0.305. The van der Waals surface area contributed by atoms with E-state index < -0.39 is 0 Å². The third-order valence-electron chi connectivity index (χ3n) is 2.25. The molecule has 0 aliphatic carbocycles. The third-order valence-corrected chi connectivity index (χ3v) is 2.25. The minimum Gasteiger partial charge on any atom is -0.446 e. The lowest BCUT2D eigenvalue weighted by Gasteiger charge is -2.18.